The van der Waals surface area contributed by atoms with Crippen molar-refractivity contribution in [2.75, 3.05) is 11.1 Å². The van der Waals surface area contributed by atoms with Gasteiger partial charge in [0.1, 0.15) is 6.54 Å². The molecule has 0 aromatic carbocycles. The number of aryl methyl sites for hydroxylation is 2. The molecule has 0 aliphatic heterocycles. The van der Waals surface area contributed by atoms with E-state index in [0.29, 0.717) is 11.4 Å². The number of nitrogens with one attached hydrogen (secondary N) is 1. The van der Waals surface area contributed by atoms with Crippen molar-refractivity contribution in [3.63, 3.8) is 0 Å². The van der Waals surface area contributed by atoms with Gasteiger partial charge in [0.2, 0.25) is 5.91 Å². The number of amides is 1. The fourth-order valence-electron chi connectivity index (χ4n) is 1.80. The van der Waals surface area contributed by atoms with Gasteiger partial charge in [-0.25, -0.2) is 0 Å². The van der Waals surface area contributed by atoms with E-state index in [-0.39, 0.29) is 12.5 Å². The van der Waals surface area contributed by atoms with Crippen LogP contribution in [-0.4, -0.2) is 25.5 Å². The summed E-state index contributed by atoms with van der Waals surface area (Å²) in [7, 11) is 0. The van der Waals surface area contributed by atoms with Crippen molar-refractivity contribution in [3.05, 3.63) is 23.8 Å². The predicted octanol–water partition coefficient (Wildman–Crippen LogP) is 0.937. The van der Waals surface area contributed by atoms with Crippen LogP contribution in [0, 0.1) is 13.8 Å². The molecule has 1 amide bonds. The summed E-state index contributed by atoms with van der Waals surface area (Å²) in [6.07, 6.45) is 3.41. The summed E-state index contributed by atoms with van der Waals surface area (Å²) in [5.41, 5.74) is 8.68. The van der Waals surface area contributed by atoms with E-state index in [9.17, 15) is 4.79 Å². The molecule has 2 heterocycles. The molecule has 0 saturated heterocycles. The molecule has 7 heteroatoms. The smallest absolute Gasteiger partial charge is 0.246 e. The van der Waals surface area contributed by atoms with Gasteiger partial charge in [-0.05, 0) is 20.8 Å². The summed E-state index contributed by atoms with van der Waals surface area (Å²) in [4.78, 5) is 11.9. The van der Waals surface area contributed by atoms with Crippen LogP contribution in [0.2, 0.25) is 0 Å². The standard InChI is InChI=1S/C12H18N6O/c1-4-17-6-10(5-14-17)15-11(19)7-18-9(3)12(13)8(2)16-18/h5-6H,4,7,13H2,1-3H3,(H,15,19). The maximum atomic E-state index is 11.9. The molecule has 2 aromatic rings. The Morgan fingerprint density at radius 1 is 1.47 bits per heavy atom. The first-order chi connectivity index (χ1) is 9.01. The monoisotopic (exact) mass is 262 g/mol. The maximum absolute atomic E-state index is 11.9. The van der Waals surface area contributed by atoms with Gasteiger partial charge < -0.3 is 11.1 Å². The first-order valence-electron chi connectivity index (χ1n) is 6.13. The molecule has 0 unspecified atom stereocenters. The molecule has 7 nitrogen and oxygen atoms in total. The van der Waals surface area contributed by atoms with E-state index in [0.717, 1.165) is 17.9 Å². The number of carbonyl (C=O) groups is 1. The van der Waals surface area contributed by atoms with Crippen LogP contribution in [-0.2, 0) is 17.9 Å². The van der Waals surface area contributed by atoms with Gasteiger partial charge in [0, 0.05) is 12.7 Å². The van der Waals surface area contributed by atoms with Crippen LogP contribution < -0.4 is 11.1 Å². The number of hydrogen-bond acceptors (Lipinski definition) is 4. The van der Waals surface area contributed by atoms with Gasteiger partial charge in [-0.1, -0.05) is 0 Å². The SMILES string of the molecule is CCn1cc(NC(=O)Cn2nc(C)c(N)c2C)cn1. The molecule has 0 fully saturated rings. The minimum Gasteiger partial charge on any atom is -0.396 e. The van der Waals surface area contributed by atoms with Gasteiger partial charge in [0.05, 0.1) is 29.0 Å². The number of nitrogen functional groups attached to an aromatic ring is 1. The predicted molar refractivity (Wildman–Crippen MR) is 72.6 cm³/mol. The van der Waals surface area contributed by atoms with Crippen LogP contribution in [0.25, 0.3) is 0 Å². The van der Waals surface area contributed by atoms with Gasteiger partial charge in [-0.15, -0.1) is 0 Å². The van der Waals surface area contributed by atoms with Gasteiger partial charge in [-0.3, -0.25) is 14.2 Å². The van der Waals surface area contributed by atoms with Crippen LogP contribution in [0.15, 0.2) is 12.4 Å². The van der Waals surface area contributed by atoms with Crippen molar-refractivity contribution in [1.29, 1.82) is 0 Å². The maximum Gasteiger partial charge on any atom is 0.246 e. The van der Waals surface area contributed by atoms with Gasteiger partial charge in [0.15, 0.2) is 0 Å². The molecule has 0 bridgehead atoms. The van der Waals surface area contributed by atoms with Crippen LogP contribution in [0.3, 0.4) is 0 Å². The molecular weight excluding hydrogens is 244 g/mol. The lowest BCUT2D eigenvalue weighted by Crippen LogP contribution is -2.20. The van der Waals surface area contributed by atoms with E-state index in [1.165, 1.54) is 0 Å². The van der Waals surface area contributed by atoms with E-state index in [1.807, 2.05) is 20.8 Å². The molecule has 19 heavy (non-hydrogen) atoms. The van der Waals surface area contributed by atoms with Crippen molar-refractivity contribution in [3.8, 4) is 0 Å². The van der Waals surface area contributed by atoms with Crippen molar-refractivity contribution in [1.82, 2.24) is 19.6 Å². The molecule has 2 aromatic heterocycles. The second-order valence-electron chi connectivity index (χ2n) is 4.38. The summed E-state index contributed by atoms with van der Waals surface area (Å²) >= 11 is 0. The fourth-order valence-corrected chi connectivity index (χ4v) is 1.80. The van der Waals surface area contributed by atoms with E-state index in [2.05, 4.69) is 15.5 Å². The molecule has 0 aliphatic rings. The molecule has 102 valence electrons. The lowest BCUT2D eigenvalue weighted by atomic mass is 10.3. The Morgan fingerprint density at radius 3 is 2.74 bits per heavy atom. The highest BCUT2D eigenvalue weighted by Crippen LogP contribution is 2.14. The number of carbonyl (C=O) groups excluding carboxylic acids is 1. The molecule has 0 spiro atoms. The second-order valence-corrected chi connectivity index (χ2v) is 4.38. The lowest BCUT2D eigenvalue weighted by Gasteiger charge is -2.04. The number of aromatic nitrogens is 4. The highest BCUT2D eigenvalue weighted by Gasteiger charge is 2.12. The van der Waals surface area contributed by atoms with E-state index in [4.69, 9.17) is 5.73 Å². The summed E-state index contributed by atoms with van der Waals surface area (Å²) < 4.78 is 3.35. The topological polar surface area (TPSA) is 90.8 Å². The fraction of sp³-hybridized carbons (Fsp3) is 0.417. The van der Waals surface area contributed by atoms with Gasteiger partial charge in [-0.2, -0.15) is 10.2 Å². The Morgan fingerprint density at radius 2 is 2.21 bits per heavy atom. The molecular formula is C12H18N6O. The lowest BCUT2D eigenvalue weighted by molar-refractivity contribution is -0.116. The minimum atomic E-state index is -0.152. The summed E-state index contributed by atoms with van der Waals surface area (Å²) in [5.74, 6) is -0.152. The average Bonchev–Trinajstić information content (AvgIpc) is 2.91. The van der Waals surface area contributed by atoms with Gasteiger partial charge in [0.25, 0.3) is 0 Å². The molecule has 0 atom stereocenters. The number of rotatable bonds is 4. The van der Waals surface area contributed by atoms with Crippen molar-refractivity contribution in [2.45, 2.75) is 33.9 Å². The highest BCUT2D eigenvalue weighted by molar-refractivity contribution is 5.90. The Kier molecular flexibility index (Phi) is 3.55. The zero-order chi connectivity index (χ0) is 14.0. The quantitative estimate of drug-likeness (QED) is 0.857. The van der Waals surface area contributed by atoms with E-state index in [1.54, 1.807) is 21.8 Å². The largest absolute Gasteiger partial charge is 0.396 e. The van der Waals surface area contributed by atoms with Crippen LogP contribution in [0.1, 0.15) is 18.3 Å². The summed E-state index contributed by atoms with van der Waals surface area (Å²) in [5, 5.41) is 11.1. The normalized spacial score (nSPS) is 10.7. The zero-order valence-corrected chi connectivity index (χ0v) is 11.3. The van der Waals surface area contributed by atoms with E-state index >= 15 is 0 Å². The molecule has 0 radical (unpaired) electrons. The van der Waals surface area contributed by atoms with Crippen LogP contribution in [0.4, 0.5) is 11.4 Å². The number of anilines is 2. The average molecular weight is 262 g/mol. The third-order valence-corrected chi connectivity index (χ3v) is 2.97. The zero-order valence-electron chi connectivity index (χ0n) is 11.3. The Bertz CT molecular complexity index is 597. The number of nitrogens with two attached hydrogens (primary N) is 1. The molecule has 0 aliphatic carbocycles. The number of hydrogen-bond donors (Lipinski definition) is 2. The first-order valence-corrected chi connectivity index (χ1v) is 6.13. The number of nitrogens with zero attached hydrogens (tertiary/aromatic N) is 4. The molecule has 0 saturated carbocycles. The summed E-state index contributed by atoms with van der Waals surface area (Å²) in [6.45, 7) is 6.56. The Labute approximate surface area is 111 Å². The third kappa shape index (κ3) is 2.75. The highest BCUT2D eigenvalue weighted by atomic mass is 16.2. The van der Waals surface area contributed by atoms with Crippen LogP contribution >= 0.6 is 0 Å². The van der Waals surface area contributed by atoms with Crippen molar-refractivity contribution in [2.24, 2.45) is 0 Å². The minimum absolute atomic E-state index is 0.140. The Hall–Kier alpha value is -2.31. The summed E-state index contributed by atoms with van der Waals surface area (Å²) in [6, 6.07) is 0. The van der Waals surface area contributed by atoms with Crippen LogP contribution in [0.5, 0.6) is 0 Å². The third-order valence-electron chi connectivity index (χ3n) is 2.97. The van der Waals surface area contributed by atoms with Crippen molar-refractivity contribution < 1.29 is 4.79 Å². The molecule has 2 rings (SSSR count). The first kappa shape index (κ1) is 13.1. The van der Waals surface area contributed by atoms with Crippen molar-refractivity contribution >= 4 is 17.3 Å². The van der Waals surface area contributed by atoms with Gasteiger partial charge >= 0.3 is 0 Å². The molecule has 3 N–H and O–H groups in total. The Balaban J connectivity index is 2.03. The second kappa shape index (κ2) is 5.13. The van der Waals surface area contributed by atoms with E-state index < -0.39 is 0 Å².